The number of sulfone groups is 1. The molecule has 160 valence electrons. The van der Waals surface area contributed by atoms with Gasteiger partial charge in [0.25, 0.3) is 5.91 Å². The van der Waals surface area contributed by atoms with Crippen molar-refractivity contribution in [2.24, 2.45) is 0 Å². The van der Waals surface area contributed by atoms with Gasteiger partial charge in [0, 0.05) is 12.1 Å². The van der Waals surface area contributed by atoms with E-state index >= 15 is 0 Å². The SMILES string of the molecule is O=C1N[C@@]2(CCCc3ccccc32)C(=O)N1CC(=O)N(C1CC1)[C@@H]1CCS(=O)(=O)C1. The molecule has 1 aromatic carbocycles. The van der Waals surface area contributed by atoms with E-state index in [1.54, 1.807) is 4.90 Å². The third-order valence-corrected chi connectivity index (χ3v) is 8.52. The molecule has 1 spiro atoms. The number of nitrogens with one attached hydrogen (secondary N) is 1. The van der Waals surface area contributed by atoms with E-state index in [-0.39, 0.29) is 41.9 Å². The van der Waals surface area contributed by atoms with E-state index in [1.165, 1.54) is 0 Å². The second-order valence-electron chi connectivity index (χ2n) is 8.83. The molecule has 30 heavy (non-hydrogen) atoms. The van der Waals surface area contributed by atoms with Crippen LogP contribution < -0.4 is 5.32 Å². The minimum atomic E-state index is -3.14. The zero-order valence-corrected chi connectivity index (χ0v) is 17.5. The lowest BCUT2D eigenvalue weighted by atomic mass is 9.76. The second kappa shape index (κ2) is 6.80. The van der Waals surface area contributed by atoms with Crippen molar-refractivity contribution in [1.82, 2.24) is 15.1 Å². The highest BCUT2D eigenvalue weighted by molar-refractivity contribution is 7.91. The van der Waals surface area contributed by atoms with E-state index in [4.69, 9.17) is 0 Å². The van der Waals surface area contributed by atoms with Crippen LogP contribution in [0.1, 0.15) is 43.2 Å². The molecule has 1 aromatic rings. The van der Waals surface area contributed by atoms with Crippen LogP contribution in [0.3, 0.4) is 0 Å². The van der Waals surface area contributed by atoms with Crippen molar-refractivity contribution >= 4 is 27.7 Å². The first kappa shape index (κ1) is 19.5. The standard InChI is InChI=1S/C21H25N3O5S/c25-18(24(15-7-8-15)16-9-11-30(28,29)13-16)12-23-19(26)21(22-20(23)27)10-3-5-14-4-1-2-6-17(14)21/h1-2,4,6,15-16H,3,5,7-13H2,(H,22,27)/t16-,21-/m1/s1. The van der Waals surface area contributed by atoms with Crippen LogP contribution in [-0.2, 0) is 31.4 Å². The Morgan fingerprint density at radius 1 is 1.17 bits per heavy atom. The van der Waals surface area contributed by atoms with Gasteiger partial charge in [-0.2, -0.15) is 0 Å². The Balaban J connectivity index is 1.39. The van der Waals surface area contributed by atoms with Crippen molar-refractivity contribution in [1.29, 1.82) is 0 Å². The highest BCUT2D eigenvalue weighted by atomic mass is 32.2. The summed E-state index contributed by atoms with van der Waals surface area (Å²) in [6.07, 6.45) is 4.22. The highest BCUT2D eigenvalue weighted by Crippen LogP contribution is 2.40. The van der Waals surface area contributed by atoms with Crippen LogP contribution in [-0.4, -0.2) is 66.2 Å². The maximum absolute atomic E-state index is 13.4. The normalized spacial score (nSPS) is 29.7. The molecule has 0 radical (unpaired) electrons. The fraction of sp³-hybridized carbons (Fsp3) is 0.571. The van der Waals surface area contributed by atoms with Crippen LogP contribution in [0.4, 0.5) is 4.79 Å². The molecule has 9 heteroatoms. The van der Waals surface area contributed by atoms with Crippen molar-refractivity contribution < 1.29 is 22.8 Å². The van der Waals surface area contributed by atoms with Crippen molar-refractivity contribution in [3.63, 3.8) is 0 Å². The summed E-state index contributed by atoms with van der Waals surface area (Å²) in [7, 11) is -3.14. The van der Waals surface area contributed by atoms with Crippen molar-refractivity contribution in [2.45, 2.75) is 56.1 Å². The van der Waals surface area contributed by atoms with Gasteiger partial charge in [0.05, 0.1) is 11.5 Å². The van der Waals surface area contributed by atoms with Gasteiger partial charge >= 0.3 is 6.03 Å². The van der Waals surface area contributed by atoms with Crippen molar-refractivity contribution in [2.75, 3.05) is 18.1 Å². The molecule has 4 aliphatic rings. The number of imide groups is 1. The first-order valence-electron chi connectivity index (χ1n) is 10.5. The van der Waals surface area contributed by atoms with Crippen LogP contribution in [0, 0.1) is 0 Å². The summed E-state index contributed by atoms with van der Waals surface area (Å²) in [5.74, 6) is -0.684. The van der Waals surface area contributed by atoms with E-state index in [1.807, 2.05) is 24.3 Å². The summed E-state index contributed by atoms with van der Waals surface area (Å²) in [4.78, 5) is 42.0. The Labute approximate surface area is 175 Å². The number of rotatable bonds is 4. The maximum atomic E-state index is 13.4. The van der Waals surface area contributed by atoms with Crippen LogP contribution in [0.25, 0.3) is 0 Å². The third kappa shape index (κ3) is 3.10. The first-order valence-corrected chi connectivity index (χ1v) is 12.4. The maximum Gasteiger partial charge on any atom is 0.325 e. The van der Waals surface area contributed by atoms with E-state index in [0.717, 1.165) is 41.7 Å². The summed E-state index contributed by atoms with van der Waals surface area (Å²) in [6, 6.07) is 6.72. The summed E-state index contributed by atoms with van der Waals surface area (Å²) in [5.41, 5.74) is 0.750. The Hall–Kier alpha value is -2.42. The van der Waals surface area contributed by atoms with Crippen LogP contribution >= 0.6 is 0 Å². The topological polar surface area (TPSA) is 104 Å². The highest BCUT2D eigenvalue weighted by Gasteiger charge is 2.55. The summed E-state index contributed by atoms with van der Waals surface area (Å²) >= 11 is 0. The van der Waals surface area contributed by atoms with Crippen molar-refractivity contribution in [3.8, 4) is 0 Å². The van der Waals surface area contributed by atoms with Gasteiger partial charge in [-0.3, -0.25) is 14.5 Å². The zero-order valence-electron chi connectivity index (χ0n) is 16.7. The van der Waals surface area contributed by atoms with Gasteiger partial charge in [0.15, 0.2) is 9.84 Å². The number of hydrogen-bond acceptors (Lipinski definition) is 5. The van der Waals surface area contributed by atoms with Gasteiger partial charge in [-0.25, -0.2) is 13.2 Å². The van der Waals surface area contributed by atoms with Gasteiger partial charge in [-0.05, 0) is 49.7 Å². The summed E-state index contributed by atoms with van der Waals surface area (Å²) < 4.78 is 23.8. The number of hydrogen-bond donors (Lipinski definition) is 1. The average Bonchev–Trinajstić information content (AvgIpc) is 3.43. The van der Waals surface area contributed by atoms with Gasteiger partial charge in [0.1, 0.15) is 12.1 Å². The molecule has 4 amide bonds. The monoisotopic (exact) mass is 431 g/mol. The molecule has 2 aliphatic carbocycles. The minimum absolute atomic E-state index is 0.0148. The number of fused-ring (bicyclic) bond motifs is 2. The van der Waals surface area contributed by atoms with E-state index in [0.29, 0.717) is 12.8 Å². The lowest BCUT2D eigenvalue weighted by Gasteiger charge is -2.33. The van der Waals surface area contributed by atoms with Gasteiger partial charge in [0.2, 0.25) is 5.91 Å². The molecule has 2 saturated heterocycles. The number of nitrogens with zero attached hydrogens (tertiary/aromatic N) is 2. The number of carbonyl (C=O) groups excluding carboxylic acids is 3. The number of urea groups is 1. The van der Waals surface area contributed by atoms with Crippen LogP contribution in [0.15, 0.2) is 24.3 Å². The molecular formula is C21H25N3O5S. The molecule has 1 saturated carbocycles. The third-order valence-electron chi connectivity index (χ3n) is 6.77. The van der Waals surface area contributed by atoms with Crippen LogP contribution in [0.5, 0.6) is 0 Å². The Morgan fingerprint density at radius 2 is 1.93 bits per heavy atom. The Bertz CT molecular complexity index is 1030. The molecular weight excluding hydrogens is 406 g/mol. The molecule has 0 aromatic heterocycles. The summed E-state index contributed by atoms with van der Waals surface area (Å²) in [6.45, 7) is -0.346. The van der Waals surface area contributed by atoms with Gasteiger partial charge in [-0.15, -0.1) is 0 Å². The zero-order chi connectivity index (χ0) is 21.1. The lowest BCUT2D eigenvalue weighted by molar-refractivity contribution is -0.140. The number of benzene rings is 1. The number of amides is 4. The minimum Gasteiger partial charge on any atom is -0.334 e. The predicted octanol–water partition coefficient (Wildman–Crippen LogP) is 0.948. The van der Waals surface area contributed by atoms with Crippen LogP contribution in [0.2, 0.25) is 0 Å². The van der Waals surface area contributed by atoms with E-state index in [9.17, 15) is 22.8 Å². The lowest BCUT2D eigenvalue weighted by Crippen LogP contribution is -2.50. The first-order chi connectivity index (χ1) is 14.3. The molecule has 0 bridgehead atoms. The summed E-state index contributed by atoms with van der Waals surface area (Å²) in [5, 5.41) is 2.87. The molecule has 8 nitrogen and oxygen atoms in total. The number of aryl methyl sites for hydroxylation is 1. The second-order valence-corrected chi connectivity index (χ2v) is 11.1. The quantitative estimate of drug-likeness (QED) is 0.715. The molecule has 2 aliphatic heterocycles. The molecule has 2 heterocycles. The Kier molecular flexibility index (Phi) is 4.43. The largest absolute Gasteiger partial charge is 0.334 e. The number of carbonyl (C=O) groups is 3. The predicted molar refractivity (Wildman–Crippen MR) is 108 cm³/mol. The smallest absolute Gasteiger partial charge is 0.325 e. The van der Waals surface area contributed by atoms with E-state index < -0.39 is 21.4 Å². The molecule has 2 atom stereocenters. The van der Waals surface area contributed by atoms with E-state index in [2.05, 4.69) is 5.32 Å². The molecule has 1 N–H and O–H groups in total. The molecule has 5 rings (SSSR count). The van der Waals surface area contributed by atoms with Gasteiger partial charge < -0.3 is 10.2 Å². The fourth-order valence-electron chi connectivity index (χ4n) is 5.22. The molecule has 3 fully saturated rings. The van der Waals surface area contributed by atoms with Crippen molar-refractivity contribution in [3.05, 3.63) is 35.4 Å². The fourth-order valence-corrected chi connectivity index (χ4v) is 6.94. The molecule has 0 unspecified atom stereocenters. The Morgan fingerprint density at radius 3 is 2.63 bits per heavy atom. The van der Waals surface area contributed by atoms with Gasteiger partial charge in [-0.1, -0.05) is 24.3 Å². The average molecular weight is 432 g/mol.